The van der Waals surface area contributed by atoms with Gasteiger partial charge in [-0.25, -0.2) is 0 Å². The van der Waals surface area contributed by atoms with Crippen LogP contribution in [0.25, 0.3) is 0 Å². The van der Waals surface area contributed by atoms with Crippen LogP contribution in [-0.4, -0.2) is 5.91 Å². The van der Waals surface area contributed by atoms with Crippen molar-refractivity contribution in [2.45, 2.75) is 19.3 Å². The first-order valence-electron chi connectivity index (χ1n) is 5.67. The number of carbonyl (C=O) groups is 1. The zero-order chi connectivity index (χ0) is 13.0. The van der Waals surface area contributed by atoms with E-state index in [0.29, 0.717) is 18.2 Å². The van der Waals surface area contributed by atoms with Gasteiger partial charge in [-0.3, -0.25) is 4.79 Å². The molecule has 0 saturated heterocycles. The molecular formula is C14H14ClNO2. The van der Waals surface area contributed by atoms with Crippen LogP contribution in [0.4, 0.5) is 0 Å². The van der Waals surface area contributed by atoms with Gasteiger partial charge in [-0.1, -0.05) is 24.3 Å². The first kappa shape index (κ1) is 12.7. The normalized spacial score (nSPS) is 10.3. The van der Waals surface area contributed by atoms with Crippen molar-refractivity contribution in [1.29, 1.82) is 0 Å². The first-order valence-corrected chi connectivity index (χ1v) is 6.20. The summed E-state index contributed by atoms with van der Waals surface area (Å²) in [6, 6.07) is 9.57. The maximum Gasteiger partial charge on any atom is 0.287 e. The molecule has 2 aromatic rings. The third kappa shape index (κ3) is 2.93. The third-order valence-electron chi connectivity index (χ3n) is 2.67. The van der Waals surface area contributed by atoms with Gasteiger partial charge in [-0.2, -0.15) is 0 Å². The molecule has 0 fully saturated rings. The maximum atomic E-state index is 11.8. The standard InChI is InChI=1S/C14H14ClNO2/c1-10-5-6-18-13(10)14(17)16-9-12-4-2-3-11(7-12)8-15/h2-7H,8-9H2,1H3,(H,16,17). The van der Waals surface area contributed by atoms with E-state index in [0.717, 1.165) is 16.7 Å². The van der Waals surface area contributed by atoms with Gasteiger partial charge in [0, 0.05) is 18.0 Å². The molecule has 18 heavy (non-hydrogen) atoms. The first-order chi connectivity index (χ1) is 8.70. The molecule has 1 amide bonds. The van der Waals surface area contributed by atoms with E-state index in [4.69, 9.17) is 16.0 Å². The average molecular weight is 264 g/mol. The number of hydrogen-bond donors (Lipinski definition) is 1. The molecular weight excluding hydrogens is 250 g/mol. The summed E-state index contributed by atoms with van der Waals surface area (Å²) in [6.07, 6.45) is 1.51. The van der Waals surface area contributed by atoms with Gasteiger partial charge in [0.15, 0.2) is 5.76 Å². The number of amides is 1. The Hall–Kier alpha value is -1.74. The number of alkyl halides is 1. The lowest BCUT2D eigenvalue weighted by Crippen LogP contribution is -2.22. The summed E-state index contributed by atoms with van der Waals surface area (Å²) in [5.74, 6) is 0.635. The van der Waals surface area contributed by atoms with Crippen LogP contribution in [0.15, 0.2) is 41.0 Å². The summed E-state index contributed by atoms with van der Waals surface area (Å²) in [6.45, 7) is 2.30. The Morgan fingerprint density at radius 3 is 2.78 bits per heavy atom. The van der Waals surface area contributed by atoms with E-state index in [2.05, 4.69) is 5.32 Å². The van der Waals surface area contributed by atoms with Gasteiger partial charge in [-0.05, 0) is 24.1 Å². The van der Waals surface area contributed by atoms with Gasteiger partial charge in [0.2, 0.25) is 0 Å². The Kier molecular flexibility index (Phi) is 4.05. The molecule has 0 unspecified atom stereocenters. The fraction of sp³-hybridized carbons (Fsp3) is 0.214. The summed E-state index contributed by atoms with van der Waals surface area (Å²) in [5, 5.41) is 2.82. The summed E-state index contributed by atoms with van der Waals surface area (Å²) >= 11 is 5.76. The molecule has 2 rings (SSSR count). The Bertz CT molecular complexity index is 548. The lowest BCUT2D eigenvalue weighted by molar-refractivity contribution is 0.0922. The molecule has 0 saturated carbocycles. The van der Waals surface area contributed by atoms with Crippen molar-refractivity contribution in [2.75, 3.05) is 0 Å². The van der Waals surface area contributed by atoms with Gasteiger partial charge in [0.25, 0.3) is 5.91 Å². The quantitative estimate of drug-likeness (QED) is 0.861. The maximum absolute atomic E-state index is 11.8. The van der Waals surface area contributed by atoms with E-state index in [1.54, 1.807) is 6.07 Å². The largest absolute Gasteiger partial charge is 0.459 e. The molecule has 0 aliphatic heterocycles. The minimum absolute atomic E-state index is 0.200. The minimum Gasteiger partial charge on any atom is -0.459 e. The molecule has 0 aliphatic rings. The Labute approximate surface area is 111 Å². The van der Waals surface area contributed by atoms with E-state index >= 15 is 0 Å². The highest BCUT2D eigenvalue weighted by Crippen LogP contribution is 2.10. The van der Waals surface area contributed by atoms with Gasteiger partial charge < -0.3 is 9.73 Å². The number of nitrogens with one attached hydrogen (secondary N) is 1. The van der Waals surface area contributed by atoms with E-state index in [9.17, 15) is 4.79 Å². The van der Waals surface area contributed by atoms with Crippen molar-refractivity contribution in [2.24, 2.45) is 0 Å². The van der Waals surface area contributed by atoms with Crippen molar-refractivity contribution in [3.05, 3.63) is 59.0 Å². The lowest BCUT2D eigenvalue weighted by Gasteiger charge is -2.05. The highest BCUT2D eigenvalue weighted by molar-refractivity contribution is 6.17. The fourth-order valence-electron chi connectivity index (χ4n) is 1.69. The van der Waals surface area contributed by atoms with Gasteiger partial charge in [0.1, 0.15) is 0 Å². The molecule has 1 heterocycles. The molecule has 0 radical (unpaired) electrons. The van der Waals surface area contributed by atoms with Crippen molar-refractivity contribution >= 4 is 17.5 Å². The molecule has 4 heteroatoms. The van der Waals surface area contributed by atoms with E-state index in [1.807, 2.05) is 31.2 Å². The van der Waals surface area contributed by atoms with Crippen molar-refractivity contribution in [1.82, 2.24) is 5.32 Å². The van der Waals surface area contributed by atoms with Crippen LogP contribution < -0.4 is 5.32 Å². The molecule has 0 aliphatic carbocycles. The van der Waals surface area contributed by atoms with Gasteiger partial charge >= 0.3 is 0 Å². The number of aryl methyl sites for hydroxylation is 1. The highest BCUT2D eigenvalue weighted by Gasteiger charge is 2.11. The van der Waals surface area contributed by atoms with Crippen LogP contribution in [0.1, 0.15) is 27.2 Å². The third-order valence-corrected chi connectivity index (χ3v) is 2.98. The van der Waals surface area contributed by atoms with E-state index in [1.165, 1.54) is 6.26 Å². The van der Waals surface area contributed by atoms with Crippen LogP contribution >= 0.6 is 11.6 Å². The molecule has 94 valence electrons. The number of rotatable bonds is 4. The highest BCUT2D eigenvalue weighted by atomic mass is 35.5. The number of benzene rings is 1. The number of hydrogen-bond acceptors (Lipinski definition) is 2. The van der Waals surface area contributed by atoms with E-state index in [-0.39, 0.29) is 5.91 Å². The topological polar surface area (TPSA) is 42.2 Å². The summed E-state index contributed by atoms with van der Waals surface area (Å²) in [4.78, 5) is 11.8. The van der Waals surface area contributed by atoms with Gasteiger partial charge in [0.05, 0.1) is 6.26 Å². The molecule has 0 atom stereocenters. The second kappa shape index (κ2) is 5.74. The van der Waals surface area contributed by atoms with Crippen LogP contribution in [0, 0.1) is 6.92 Å². The fourth-order valence-corrected chi connectivity index (χ4v) is 1.86. The predicted molar refractivity (Wildman–Crippen MR) is 70.6 cm³/mol. The number of halogens is 1. The second-order valence-electron chi connectivity index (χ2n) is 4.07. The summed E-state index contributed by atoms with van der Waals surface area (Å²) in [5.41, 5.74) is 2.89. The lowest BCUT2D eigenvalue weighted by atomic mass is 10.1. The molecule has 1 aromatic heterocycles. The zero-order valence-electron chi connectivity index (χ0n) is 10.1. The number of carbonyl (C=O) groups excluding carboxylic acids is 1. The Morgan fingerprint density at radius 2 is 2.11 bits per heavy atom. The van der Waals surface area contributed by atoms with E-state index < -0.39 is 0 Å². The predicted octanol–water partition coefficient (Wildman–Crippen LogP) is 3.26. The summed E-state index contributed by atoms with van der Waals surface area (Å²) in [7, 11) is 0. The Balaban J connectivity index is 1.99. The van der Waals surface area contributed by atoms with Crippen molar-refractivity contribution in [3.8, 4) is 0 Å². The van der Waals surface area contributed by atoms with Crippen LogP contribution in [0.3, 0.4) is 0 Å². The summed E-state index contributed by atoms with van der Waals surface area (Å²) < 4.78 is 5.13. The monoisotopic (exact) mass is 263 g/mol. The minimum atomic E-state index is -0.200. The molecule has 1 N–H and O–H groups in total. The molecule has 1 aromatic carbocycles. The molecule has 3 nitrogen and oxygen atoms in total. The Morgan fingerprint density at radius 1 is 1.33 bits per heavy atom. The van der Waals surface area contributed by atoms with Crippen molar-refractivity contribution in [3.63, 3.8) is 0 Å². The van der Waals surface area contributed by atoms with Crippen LogP contribution in [0.2, 0.25) is 0 Å². The van der Waals surface area contributed by atoms with Crippen LogP contribution in [-0.2, 0) is 12.4 Å². The zero-order valence-corrected chi connectivity index (χ0v) is 10.8. The SMILES string of the molecule is Cc1ccoc1C(=O)NCc1cccc(CCl)c1. The average Bonchev–Trinajstić information content (AvgIpc) is 2.82. The number of furan rings is 1. The molecule has 0 bridgehead atoms. The molecule has 0 spiro atoms. The van der Waals surface area contributed by atoms with Gasteiger partial charge in [-0.15, -0.1) is 11.6 Å². The van der Waals surface area contributed by atoms with Crippen molar-refractivity contribution < 1.29 is 9.21 Å². The smallest absolute Gasteiger partial charge is 0.287 e. The van der Waals surface area contributed by atoms with Crippen LogP contribution in [0.5, 0.6) is 0 Å². The second-order valence-corrected chi connectivity index (χ2v) is 4.34.